The molecule has 0 saturated carbocycles. The number of anilines is 1. The number of nitrogens with zero attached hydrogens (tertiary/aromatic N) is 2. The molecule has 0 radical (unpaired) electrons. The van der Waals surface area contributed by atoms with Crippen LogP contribution in [0.2, 0.25) is 0 Å². The van der Waals surface area contributed by atoms with Gasteiger partial charge in [-0.3, -0.25) is 14.2 Å². The number of aryl methyl sites for hydroxylation is 3. The number of thiophene rings is 1. The Kier molecular flexibility index (Phi) is 6.63. The van der Waals surface area contributed by atoms with Gasteiger partial charge in [-0.05, 0) is 86.2 Å². The summed E-state index contributed by atoms with van der Waals surface area (Å²) >= 11 is 3.03. The van der Waals surface area contributed by atoms with Crippen molar-refractivity contribution >= 4 is 44.9 Å². The molecule has 192 valence electrons. The van der Waals surface area contributed by atoms with Crippen LogP contribution in [-0.4, -0.2) is 15.5 Å². The summed E-state index contributed by atoms with van der Waals surface area (Å²) in [5.41, 5.74) is 3.39. The molecular formula is C29H24FN3O3S2. The number of hydrogen-bond donors (Lipinski definition) is 1. The van der Waals surface area contributed by atoms with Crippen LogP contribution in [0.3, 0.4) is 0 Å². The first-order valence-corrected chi connectivity index (χ1v) is 14.2. The highest BCUT2D eigenvalue weighted by Crippen LogP contribution is 2.36. The molecule has 0 fully saturated rings. The zero-order chi connectivity index (χ0) is 26.2. The number of halogens is 1. The van der Waals surface area contributed by atoms with Crippen molar-refractivity contribution in [1.29, 1.82) is 0 Å². The normalized spacial score (nSPS) is 13.0. The minimum atomic E-state index is -0.423. The summed E-state index contributed by atoms with van der Waals surface area (Å²) < 4.78 is 20.7. The average Bonchev–Trinajstić information content (AvgIpc) is 3.54. The van der Waals surface area contributed by atoms with E-state index in [1.165, 1.54) is 40.9 Å². The maximum atomic E-state index is 14.0. The lowest BCUT2D eigenvalue weighted by Crippen LogP contribution is -2.23. The zero-order valence-electron chi connectivity index (χ0n) is 20.6. The lowest BCUT2D eigenvalue weighted by molar-refractivity contribution is 0.0995. The highest BCUT2D eigenvalue weighted by Gasteiger charge is 2.23. The monoisotopic (exact) mass is 545 g/mol. The van der Waals surface area contributed by atoms with Crippen molar-refractivity contribution in [2.24, 2.45) is 0 Å². The fourth-order valence-corrected chi connectivity index (χ4v) is 6.95. The summed E-state index contributed by atoms with van der Waals surface area (Å²) in [4.78, 5) is 33.6. The van der Waals surface area contributed by atoms with Crippen molar-refractivity contribution in [2.75, 3.05) is 5.32 Å². The highest BCUT2D eigenvalue weighted by atomic mass is 32.2. The number of rotatable bonds is 6. The molecule has 0 aliphatic heterocycles. The van der Waals surface area contributed by atoms with E-state index in [-0.39, 0.29) is 17.1 Å². The maximum Gasteiger partial charge on any atom is 0.291 e. The average molecular weight is 546 g/mol. The van der Waals surface area contributed by atoms with Crippen LogP contribution in [0.5, 0.6) is 0 Å². The molecule has 0 unspecified atom stereocenters. The summed E-state index contributed by atoms with van der Waals surface area (Å²) in [6.45, 7) is 1.99. The first kappa shape index (κ1) is 24.6. The predicted octanol–water partition coefficient (Wildman–Crippen LogP) is 6.91. The molecule has 5 aromatic rings. The van der Waals surface area contributed by atoms with E-state index in [2.05, 4.69) is 5.32 Å². The summed E-state index contributed by atoms with van der Waals surface area (Å²) in [7, 11) is 0. The van der Waals surface area contributed by atoms with Crippen LogP contribution in [-0.2, 0) is 18.6 Å². The van der Waals surface area contributed by atoms with E-state index < -0.39 is 5.91 Å². The highest BCUT2D eigenvalue weighted by molar-refractivity contribution is 7.98. The number of nitrogens with one attached hydrogen (secondary N) is 1. The molecule has 1 N–H and O–H groups in total. The lowest BCUT2D eigenvalue weighted by Gasteiger charge is -2.15. The molecule has 38 heavy (non-hydrogen) atoms. The summed E-state index contributed by atoms with van der Waals surface area (Å²) in [6.07, 6.45) is 4.15. The van der Waals surface area contributed by atoms with E-state index in [0.29, 0.717) is 22.4 Å². The number of para-hydroxylation sites is 1. The minimum absolute atomic E-state index is 0.0370. The van der Waals surface area contributed by atoms with Crippen LogP contribution < -0.4 is 10.9 Å². The molecular weight excluding hydrogens is 521 g/mol. The number of furan rings is 1. The summed E-state index contributed by atoms with van der Waals surface area (Å²) in [5, 5.41) is 4.03. The van der Waals surface area contributed by atoms with Crippen molar-refractivity contribution in [1.82, 2.24) is 9.55 Å². The topological polar surface area (TPSA) is 77.1 Å². The molecule has 0 atom stereocenters. The molecule has 3 heterocycles. The Hall–Kier alpha value is -3.69. The number of hydrogen-bond acceptors (Lipinski definition) is 6. The number of amides is 1. The van der Waals surface area contributed by atoms with Gasteiger partial charge >= 0.3 is 0 Å². The van der Waals surface area contributed by atoms with Gasteiger partial charge in [0.05, 0.1) is 16.8 Å². The molecule has 2 aromatic carbocycles. The zero-order valence-corrected chi connectivity index (χ0v) is 22.3. The van der Waals surface area contributed by atoms with Crippen LogP contribution in [0.25, 0.3) is 15.9 Å². The molecule has 3 aromatic heterocycles. The Morgan fingerprint density at radius 2 is 1.89 bits per heavy atom. The molecule has 0 bridgehead atoms. The smallest absolute Gasteiger partial charge is 0.291 e. The fourth-order valence-electron chi connectivity index (χ4n) is 4.75. The SMILES string of the molecule is Cc1ccccc1-n1c(SCc2ccc(C(=O)Nc3ccc(F)cc3)o2)nc2sc3c(c2c1=O)CCCC3. The largest absolute Gasteiger partial charge is 0.455 e. The third-order valence-corrected chi connectivity index (χ3v) is 8.79. The van der Waals surface area contributed by atoms with Crippen LogP contribution >= 0.6 is 23.1 Å². The second-order valence-corrected chi connectivity index (χ2v) is 11.3. The molecule has 1 aliphatic carbocycles. The first-order chi connectivity index (χ1) is 18.5. The van der Waals surface area contributed by atoms with Crippen molar-refractivity contribution in [3.05, 3.63) is 104 Å². The first-order valence-electron chi connectivity index (χ1n) is 12.4. The predicted molar refractivity (Wildman–Crippen MR) is 149 cm³/mol. The van der Waals surface area contributed by atoms with Crippen LogP contribution in [0.1, 0.15) is 45.2 Å². The third kappa shape index (κ3) is 4.68. The van der Waals surface area contributed by atoms with Crippen molar-refractivity contribution in [3.63, 3.8) is 0 Å². The Bertz CT molecular complexity index is 1720. The molecule has 9 heteroatoms. The van der Waals surface area contributed by atoms with Gasteiger partial charge in [-0.15, -0.1) is 11.3 Å². The van der Waals surface area contributed by atoms with Crippen LogP contribution in [0.15, 0.2) is 75.0 Å². The van der Waals surface area contributed by atoms with E-state index in [1.807, 2.05) is 31.2 Å². The van der Waals surface area contributed by atoms with Crippen molar-refractivity contribution in [2.45, 2.75) is 43.5 Å². The molecule has 0 spiro atoms. The Morgan fingerprint density at radius 1 is 1.11 bits per heavy atom. The number of aromatic nitrogens is 2. The van der Waals surface area contributed by atoms with Gasteiger partial charge in [0.25, 0.3) is 11.5 Å². The summed E-state index contributed by atoms with van der Waals surface area (Å²) in [6, 6.07) is 16.7. The van der Waals surface area contributed by atoms with E-state index in [1.54, 1.807) is 28.0 Å². The standard InChI is InChI=1S/C29H24FN3O3S2/c1-17-6-2-4-8-22(17)33-28(35)25-21-7-3-5-9-24(21)38-27(25)32-29(33)37-16-20-14-15-23(36-20)26(34)31-19-12-10-18(30)11-13-19/h2,4,6,8,10-15H,3,5,7,9,16H2,1H3,(H,31,34). The quantitative estimate of drug-likeness (QED) is 0.185. The number of fused-ring (bicyclic) bond motifs is 3. The number of carbonyl (C=O) groups excluding carboxylic acids is 1. The Labute approximate surface area is 226 Å². The molecule has 6 nitrogen and oxygen atoms in total. The summed E-state index contributed by atoms with van der Waals surface area (Å²) in [5.74, 6) is 0.317. The second kappa shape index (κ2) is 10.2. The van der Waals surface area contributed by atoms with Gasteiger partial charge in [0, 0.05) is 10.6 Å². The third-order valence-electron chi connectivity index (χ3n) is 6.65. The van der Waals surface area contributed by atoms with Gasteiger partial charge in [-0.25, -0.2) is 9.37 Å². The number of thioether (sulfide) groups is 1. The van der Waals surface area contributed by atoms with Gasteiger partial charge in [-0.1, -0.05) is 30.0 Å². The number of carbonyl (C=O) groups is 1. The van der Waals surface area contributed by atoms with Crippen LogP contribution in [0.4, 0.5) is 10.1 Å². The minimum Gasteiger partial charge on any atom is -0.455 e. The van der Waals surface area contributed by atoms with E-state index in [9.17, 15) is 14.0 Å². The van der Waals surface area contributed by atoms with Gasteiger partial charge in [-0.2, -0.15) is 0 Å². The van der Waals surface area contributed by atoms with Gasteiger partial charge in [0.2, 0.25) is 0 Å². The molecule has 1 aliphatic rings. The lowest BCUT2D eigenvalue weighted by atomic mass is 9.97. The van der Waals surface area contributed by atoms with Gasteiger partial charge in [0.1, 0.15) is 16.4 Å². The number of benzene rings is 2. The van der Waals surface area contributed by atoms with E-state index >= 15 is 0 Å². The molecule has 6 rings (SSSR count). The fraction of sp³-hybridized carbons (Fsp3) is 0.207. The van der Waals surface area contributed by atoms with Crippen molar-refractivity contribution < 1.29 is 13.6 Å². The second-order valence-electron chi connectivity index (χ2n) is 9.23. The maximum absolute atomic E-state index is 14.0. The van der Waals surface area contributed by atoms with Crippen LogP contribution in [0, 0.1) is 12.7 Å². The molecule has 1 amide bonds. The molecule has 0 saturated heterocycles. The Balaban J connectivity index is 1.31. The van der Waals surface area contributed by atoms with Gasteiger partial charge in [0.15, 0.2) is 10.9 Å². The Morgan fingerprint density at radius 3 is 2.71 bits per heavy atom. The van der Waals surface area contributed by atoms with E-state index in [0.717, 1.165) is 52.7 Å². The van der Waals surface area contributed by atoms with E-state index in [4.69, 9.17) is 9.40 Å². The van der Waals surface area contributed by atoms with Gasteiger partial charge < -0.3 is 9.73 Å². The van der Waals surface area contributed by atoms with Crippen molar-refractivity contribution in [3.8, 4) is 5.69 Å².